The smallest absolute Gasteiger partial charge is 0.270 e. The highest BCUT2D eigenvalue weighted by Gasteiger charge is 2.31. The fourth-order valence-electron chi connectivity index (χ4n) is 3.77. The monoisotopic (exact) mass is 489 g/mol. The van der Waals surface area contributed by atoms with E-state index in [-0.39, 0.29) is 53.2 Å². The van der Waals surface area contributed by atoms with Crippen molar-refractivity contribution in [2.75, 3.05) is 26.2 Å². The molecule has 3 heterocycles. The highest BCUT2D eigenvalue weighted by atomic mass is 35.5. The summed E-state index contributed by atoms with van der Waals surface area (Å²) >= 11 is 5.81. The van der Waals surface area contributed by atoms with E-state index in [1.807, 2.05) is 0 Å². The number of aromatic nitrogens is 5. The Kier molecular flexibility index (Phi) is 5.35. The second-order valence-corrected chi connectivity index (χ2v) is 9.81. The summed E-state index contributed by atoms with van der Waals surface area (Å²) in [6.45, 7) is 0.692. The number of rotatable bonds is 4. The third kappa shape index (κ3) is 3.86. The molecule has 1 amide bonds. The number of benzene rings is 2. The minimum atomic E-state index is -3.73. The van der Waals surface area contributed by atoms with Gasteiger partial charge in [-0.05, 0) is 41.6 Å². The molecule has 0 bridgehead atoms. The zero-order valence-electron chi connectivity index (χ0n) is 17.0. The number of aromatic amines is 2. The van der Waals surface area contributed by atoms with E-state index in [1.165, 1.54) is 27.4 Å². The molecule has 1 aliphatic heterocycles. The second-order valence-electron chi connectivity index (χ2n) is 7.46. The van der Waals surface area contributed by atoms with Crippen molar-refractivity contribution >= 4 is 38.4 Å². The van der Waals surface area contributed by atoms with E-state index >= 15 is 0 Å². The first kappa shape index (κ1) is 21.5. The number of hydrogen-bond acceptors (Lipinski definition) is 6. The lowest BCUT2D eigenvalue weighted by atomic mass is 10.2. The van der Waals surface area contributed by atoms with E-state index in [0.29, 0.717) is 16.8 Å². The number of amides is 1. The van der Waals surface area contributed by atoms with Crippen LogP contribution in [0.15, 0.2) is 47.4 Å². The number of piperazine rings is 1. The van der Waals surface area contributed by atoms with Crippen LogP contribution < -0.4 is 0 Å². The van der Waals surface area contributed by atoms with Gasteiger partial charge in [-0.2, -0.15) is 9.52 Å². The van der Waals surface area contributed by atoms with Gasteiger partial charge in [0.2, 0.25) is 15.8 Å². The maximum Gasteiger partial charge on any atom is 0.270 e. The van der Waals surface area contributed by atoms with Gasteiger partial charge >= 0.3 is 0 Å². The van der Waals surface area contributed by atoms with Crippen molar-refractivity contribution in [2.45, 2.75) is 4.90 Å². The largest absolute Gasteiger partial charge is 0.348 e. The van der Waals surface area contributed by atoms with E-state index in [2.05, 4.69) is 25.6 Å². The first-order valence-corrected chi connectivity index (χ1v) is 11.8. The third-order valence-electron chi connectivity index (χ3n) is 5.54. The zero-order valence-corrected chi connectivity index (χ0v) is 18.6. The normalized spacial score (nSPS) is 15.3. The van der Waals surface area contributed by atoms with Gasteiger partial charge in [-0.15, -0.1) is 10.2 Å². The average molecular weight is 490 g/mol. The Morgan fingerprint density at radius 1 is 1.06 bits per heavy atom. The molecule has 1 saturated heterocycles. The van der Waals surface area contributed by atoms with Crippen molar-refractivity contribution in [1.82, 2.24) is 34.8 Å². The molecule has 2 aromatic carbocycles. The molecule has 2 aromatic heterocycles. The highest BCUT2D eigenvalue weighted by molar-refractivity contribution is 7.89. The molecule has 1 aliphatic rings. The van der Waals surface area contributed by atoms with Gasteiger partial charge < -0.3 is 9.88 Å². The number of sulfonamides is 1. The summed E-state index contributed by atoms with van der Waals surface area (Å²) in [6.07, 6.45) is 0. The number of nitrogens with zero attached hydrogens (tertiary/aromatic N) is 5. The number of tetrazole rings is 1. The number of H-pyrrole nitrogens is 2. The molecule has 13 heteroatoms. The molecule has 5 rings (SSSR count). The Balaban J connectivity index is 1.28. The predicted octanol–water partition coefficient (Wildman–Crippen LogP) is 2.29. The Hall–Kier alpha value is -3.35. The van der Waals surface area contributed by atoms with E-state index in [0.717, 1.165) is 0 Å². The van der Waals surface area contributed by atoms with Gasteiger partial charge in [-0.25, -0.2) is 12.8 Å². The van der Waals surface area contributed by atoms with Crippen LogP contribution in [0.5, 0.6) is 0 Å². The summed E-state index contributed by atoms with van der Waals surface area (Å²) in [7, 11) is -3.73. The van der Waals surface area contributed by atoms with Gasteiger partial charge in [0.1, 0.15) is 5.69 Å². The Labute approximate surface area is 192 Å². The highest BCUT2D eigenvalue weighted by Crippen LogP contribution is 2.26. The molecule has 1 fully saturated rings. The first-order chi connectivity index (χ1) is 15.8. The van der Waals surface area contributed by atoms with Gasteiger partial charge in [-0.1, -0.05) is 17.7 Å². The van der Waals surface area contributed by atoms with Gasteiger partial charge in [0.05, 0.1) is 15.4 Å². The summed E-state index contributed by atoms with van der Waals surface area (Å²) in [4.78, 5) is 17.4. The van der Waals surface area contributed by atoms with Crippen molar-refractivity contribution in [3.63, 3.8) is 0 Å². The van der Waals surface area contributed by atoms with Crippen molar-refractivity contribution in [3.05, 3.63) is 59.0 Å². The molecular formula is C20H17ClFN7O3S. The predicted molar refractivity (Wildman–Crippen MR) is 118 cm³/mol. The second kappa shape index (κ2) is 8.21. The van der Waals surface area contributed by atoms with Crippen LogP contribution in [0.2, 0.25) is 5.02 Å². The van der Waals surface area contributed by atoms with Crippen molar-refractivity contribution in [3.8, 4) is 11.4 Å². The minimum Gasteiger partial charge on any atom is -0.348 e. The molecule has 33 heavy (non-hydrogen) atoms. The molecular weight excluding hydrogens is 473 g/mol. The molecule has 4 aromatic rings. The first-order valence-electron chi connectivity index (χ1n) is 9.94. The number of nitrogens with one attached hydrogen (secondary N) is 2. The summed E-state index contributed by atoms with van der Waals surface area (Å²) < 4.78 is 41.6. The average Bonchev–Trinajstić information content (AvgIpc) is 3.52. The lowest BCUT2D eigenvalue weighted by molar-refractivity contribution is 0.0693. The van der Waals surface area contributed by atoms with Crippen LogP contribution >= 0.6 is 11.6 Å². The molecule has 0 aliphatic carbocycles. The molecule has 0 spiro atoms. The number of halogens is 2. The van der Waals surface area contributed by atoms with E-state index in [9.17, 15) is 17.6 Å². The zero-order chi connectivity index (χ0) is 23.2. The number of carbonyl (C=O) groups is 1. The molecule has 10 nitrogen and oxygen atoms in total. The maximum absolute atomic E-state index is 14.2. The van der Waals surface area contributed by atoms with Crippen LogP contribution in [0.4, 0.5) is 4.39 Å². The molecule has 0 radical (unpaired) electrons. The molecule has 0 atom stereocenters. The number of hydrogen-bond donors (Lipinski definition) is 2. The molecule has 0 unspecified atom stereocenters. The van der Waals surface area contributed by atoms with E-state index in [4.69, 9.17) is 11.6 Å². The van der Waals surface area contributed by atoms with Crippen molar-refractivity contribution < 1.29 is 17.6 Å². The van der Waals surface area contributed by atoms with Crippen LogP contribution in [0.1, 0.15) is 10.5 Å². The lowest BCUT2D eigenvalue weighted by Crippen LogP contribution is -2.50. The summed E-state index contributed by atoms with van der Waals surface area (Å²) in [5.41, 5.74) is 1.02. The van der Waals surface area contributed by atoms with Crippen LogP contribution in [0.25, 0.3) is 22.3 Å². The van der Waals surface area contributed by atoms with Crippen LogP contribution in [-0.2, 0) is 10.0 Å². The lowest BCUT2D eigenvalue weighted by Gasteiger charge is -2.33. The summed E-state index contributed by atoms with van der Waals surface area (Å²) in [6, 6.07) is 10.8. The third-order valence-corrected chi connectivity index (χ3v) is 7.74. The van der Waals surface area contributed by atoms with E-state index in [1.54, 1.807) is 24.3 Å². The molecule has 170 valence electrons. The standard InChI is InChI=1S/C20H17ClFN7O3S/c21-15-6-3-13-11-16(23-18(13)17(15)22)20(30)28-7-9-29(10-8-28)33(31,32)14-4-1-12(2-5-14)19-24-26-27-25-19/h1-6,11,23H,7-10H2,(H,24,25,26,27). The van der Waals surface area contributed by atoms with Crippen molar-refractivity contribution in [2.24, 2.45) is 0 Å². The van der Waals surface area contributed by atoms with Crippen molar-refractivity contribution in [1.29, 1.82) is 0 Å². The Morgan fingerprint density at radius 2 is 1.79 bits per heavy atom. The SMILES string of the molecule is O=C(c1cc2ccc(Cl)c(F)c2[nH]1)N1CCN(S(=O)(=O)c2ccc(-c3nn[nH]n3)cc2)CC1. The van der Waals surface area contributed by atoms with Gasteiger partial charge in [0.15, 0.2) is 5.82 Å². The maximum atomic E-state index is 14.2. The van der Waals surface area contributed by atoms with E-state index < -0.39 is 15.8 Å². The topological polar surface area (TPSA) is 128 Å². The Morgan fingerprint density at radius 3 is 2.45 bits per heavy atom. The van der Waals surface area contributed by atoms with Crippen LogP contribution in [0, 0.1) is 5.82 Å². The number of carbonyl (C=O) groups excluding carboxylic acids is 1. The van der Waals surface area contributed by atoms with Gasteiger partial charge in [0, 0.05) is 37.1 Å². The summed E-state index contributed by atoms with van der Waals surface area (Å²) in [5.74, 6) is -0.581. The summed E-state index contributed by atoms with van der Waals surface area (Å²) in [5, 5.41) is 14.1. The number of fused-ring (bicyclic) bond motifs is 1. The van der Waals surface area contributed by atoms with Crippen LogP contribution in [-0.4, -0.2) is 75.3 Å². The fourth-order valence-corrected chi connectivity index (χ4v) is 5.35. The molecule has 2 N–H and O–H groups in total. The van der Waals surface area contributed by atoms with Crippen LogP contribution in [0.3, 0.4) is 0 Å². The Bertz CT molecular complexity index is 1430. The van der Waals surface area contributed by atoms with Gasteiger partial charge in [0.25, 0.3) is 5.91 Å². The molecule has 0 saturated carbocycles. The quantitative estimate of drug-likeness (QED) is 0.452. The van der Waals surface area contributed by atoms with Gasteiger partial charge in [-0.3, -0.25) is 4.79 Å². The fraction of sp³-hybridized carbons (Fsp3) is 0.200. The minimum absolute atomic E-state index is 0.0347.